The van der Waals surface area contributed by atoms with Crippen molar-refractivity contribution in [3.05, 3.63) is 78.8 Å². The molecule has 1 saturated heterocycles. The first-order chi connectivity index (χ1) is 19.9. The Morgan fingerprint density at radius 3 is 2.54 bits per heavy atom. The third-order valence-electron chi connectivity index (χ3n) is 6.83. The van der Waals surface area contributed by atoms with Crippen molar-refractivity contribution in [2.75, 3.05) is 53.2 Å². The normalized spacial score (nSPS) is 13.4. The van der Waals surface area contributed by atoms with E-state index in [1.165, 1.54) is 6.33 Å². The topological polar surface area (TPSA) is 98.7 Å². The molecule has 0 radical (unpaired) electrons. The highest BCUT2D eigenvalue weighted by Gasteiger charge is 2.28. The zero-order valence-corrected chi connectivity index (χ0v) is 23.6. The van der Waals surface area contributed by atoms with Crippen LogP contribution in [0.3, 0.4) is 0 Å². The molecule has 2 aromatic carbocycles. The molecule has 1 aliphatic heterocycles. The van der Waals surface area contributed by atoms with E-state index < -0.39 is 0 Å². The summed E-state index contributed by atoms with van der Waals surface area (Å²) in [6.45, 7) is 2.95. The molecule has 4 aromatic rings. The Morgan fingerprint density at radius 2 is 1.83 bits per heavy atom. The molecule has 2 aromatic heterocycles. The smallest absolute Gasteiger partial charge is 0.246 e. The summed E-state index contributed by atoms with van der Waals surface area (Å²) in [6, 6.07) is 17.5. The summed E-state index contributed by atoms with van der Waals surface area (Å²) in [5.74, 6) is 8.78. The van der Waals surface area contributed by atoms with Gasteiger partial charge in [0.15, 0.2) is 0 Å². The number of ether oxygens (including phenoxy) is 2. The van der Waals surface area contributed by atoms with Crippen LogP contribution in [0.25, 0.3) is 22.2 Å². The van der Waals surface area contributed by atoms with Gasteiger partial charge in [-0.3, -0.25) is 4.79 Å². The van der Waals surface area contributed by atoms with E-state index >= 15 is 0 Å². The molecule has 3 heterocycles. The number of nitrogens with two attached hydrogens (primary N) is 1. The van der Waals surface area contributed by atoms with E-state index in [2.05, 4.69) is 21.8 Å². The van der Waals surface area contributed by atoms with E-state index in [0.29, 0.717) is 37.7 Å². The quantitative estimate of drug-likeness (QED) is 0.248. The summed E-state index contributed by atoms with van der Waals surface area (Å²) in [5, 5.41) is 0.751. The van der Waals surface area contributed by atoms with Gasteiger partial charge >= 0.3 is 0 Å². The van der Waals surface area contributed by atoms with Crippen LogP contribution in [0.5, 0.6) is 11.5 Å². The lowest BCUT2D eigenvalue weighted by Crippen LogP contribution is -2.48. The third kappa shape index (κ3) is 6.40. The third-order valence-corrected chi connectivity index (χ3v) is 6.83. The first kappa shape index (κ1) is 27.9. The lowest BCUT2D eigenvalue weighted by Gasteiger charge is -2.35. The Morgan fingerprint density at radius 1 is 1.10 bits per heavy atom. The Kier molecular flexibility index (Phi) is 8.63. The minimum atomic E-state index is 0.0145. The first-order valence-corrected chi connectivity index (χ1v) is 13.5. The summed E-state index contributed by atoms with van der Waals surface area (Å²) in [5.41, 5.74) is 9.70. The number of likely N-dealkylation sites (tertiary alicyclic amines) is 1. The summed E-state index contributed by atoms with van der Waals surface area (Å²) in [4.78, 5) is 25.1. The molecule has 0 unspecified atom stereocenters. The number of anilines is 1. The second-order valence-corrected chi connectivity index (χ2v) is 10.1. The number of para-hydroxylation sites is 1. The summed E-state index contributed by atoms with van der Waals surface area (Å²) >= 11 is 0. The molecule has 9 nitrogen and oxygen atoms in total. The summed E-state index contributed by atoms with van der Waals surface area (Å²) in [6.07, 6.45) is 4.98. The molecular weight excluding hydrogens is 516 g/mol. The van der Waals surface area contributed by atoms with Gasteiger partial charge in [0.1, 0.15) is 35.0 Å². The summed E-state index contributed by atoms with van der Waals surface area (Å²) in [7, 11) is 5.60. The number of fused-ring (bicyclic) bond motifs is 1. The fraction of sp³-hybridized carbons (Fsp3) is 0.281. The van der Waals surface area contributed by atoms with Gasteiger partial charge in [-0.2, -0.15) is 0 Å². The lowest BCUT2D eigenvalue weighted by molar-refractivity contribution is -0.130. The number of carbonyl (C=O) groups is 1. The predicted molar refractivity (Wildman–Crippen MR) is 160 cm³/mol. The summed E-state index contributed by atoms with van der Waals surface area (Å²) < 4.78 is 13.4. The minimum Gasteiger partial charge on any atom is -0.457 e. The zero-order valence-electron chi connectivity index (χ0n) is 23.6. The highest BCUT2D eigenvalue weighted by Crippen LogP contribution is 2.37. The molecule has 9 heteroatoms. The second kappa shape index (κ2) is 12.7. The first-order valence-electron chi connectivity index (χ1n) is 13.5. The van der Waals surface area contributed by atoms with Gasteiger partial charge in [-0.25, -0.2) is 9.97 Å². The molecule has 0 saturated carbocycles. The van der Waals surface area contributed by atoms with Crippen LogP contribution in [0, 0.1) is 17.8 Å². The van der Waals surface area contributed by atoms with Crippen LogP contribution in [0.1, 0.15) is 5.69 Å². The van der Waals surface area contributed by atoms with Gasteiger partial charge in [-0.05, 0) is 49.8 Å². The Balaban J connectivity index is 1.46. The monoisotopic (exact) mass is 550 g/mol. The van der Waals surface area contributed by atoms with E-state index in [9.17, 15) is 4.79 Å². The van der Waals surface area contributed by atoms with E-state index in [1.54, 1.807) is 13.2 Å². The second-order valence-electron chi connectivity index (χ2n) is 10.1. The Bertz CT molecular complexity index is 1590. The molecule has 0 atom stereocenters. The Labute approximate surface area is 240 Å². The maximum absolute atomic E-state index is 12.5. The van der Waals surface area contributed by atoms with Gasteiger partial charge in [-0.1, -0.05) is 42.3 Å². The van der Waals surface area contributed by atoms with Crippen molar-refractivity contribution < 1.29 is 14.3 Å². The van der Waals surface area contributed by atoms with Crippen molar-refractivity contribution in [2.45, 2.75) is 6.54 Å². The average molecular weight is 551 g/mol. The van der Waals surface area contributed by atoms with Gasteiger partial charge in [-0.15, -0.1) is 0 Å². The molecule has 210 valence electrons. The molecule has 1 aliphatic rings. The standard InChI is InChI=1S/C32H34N6O3/c1-36(2)17-7-10-28(39)37-20-23(21-37)11-16-27-29(30-31(33)34-22-35-32(30)38(27)18-19-40-3)24-12-14-26(15-13-24)41-25-8-5-4-6-9-25/h4-10,12-15,22-23H,17-21H2,1-3H3,(H2,33,34,35)/b10-7+. The van der Waals surface area contributed by atoms with Gasteiger partial charge in [0.05, 0.1) is 17.9 Å². The predicted octanol–water partition coefficient (Wildman–Crippen LogP) is 4.05. The van der Waals surface area contributed by atoms with Crippen molar-refractivity contribution in [1.82, 2.24) is 24.3 Å². The largest absolute Gasteiger partial charge is 0.457 e. The van der Waals surface area contributed by atoms with Crippen molar-refractivity contribution in [3.8, 4) is 34.5 Å². The lowest BCUT2D eigenvalue weighted by atomic mass is 9.99. The van der Waals surface area contributed by atoms with Gasteiger partial charge < -0.3 is 29.6 Å². The number of methoxy groups -OCH3 is 1. The number of aromatic nitrogens is 3. The highest BCUT2D eigenvalue weighted by atomic mass is 16.5. The van der Waals surface area contributed by atoms with Crippen LogP contribution >= 0.6 is 0 Å². The SMILES string of the molecule is COCCn1c(C#CC2CN(C(=O)/C=C/CN(C)C)C2)c(-c2ccc(Oc3ccccc3)cc2)c2c(N)ncnc21. The highest BCUT2D eigenvalue weighted by molar-refractivity contribution is 6.03. The number of carbonyl (C=O) groups excluding carboxylic acids is 1. The van der Waals surface area contributed by atoms with Crippen molar-refractivity contribution in [2.24, 2.45) is 5.92 Å². The van der Waals surface area contributed by atoms with Crippen LogP contribution in [-0.2, 0) is 16.1 Å². The van der Waals surface area contributed by atoms with E-state index in [1.807, 2.05) is 89.1 Å². The van der Waals surface area contributed by atoms with Crippen LogP contribution in [-0.4, -0.2) is 77.7 Å². The molecule has 1 fully saturated rings. The van der Waals surface area contributed by atoms with Gasteiger partial charge in [0, 0.05) is 44.9 Å². The van der Waals surface area contributed by atoms with Crippen molar-refractivity contribution in [1.29, 1.82) is 0 Å². The number of amides is 1. The van der Waals surface area contributed by atoms with Gasteiger partial charge in [0.2, 0.25) is 5.91 Å². The fourth-order valence-electron chi connectivity index (χ4n) is 4.71. The van der Waals surface area contributed by atoms with E-state index in [4.69, 9.17) is 15.2 Å². The number of hydrogen-bond donors (Lipinski definition) is 1. The minimum absolute atomic E-state index is 0.0145. The molecule has 1 amide bonds. The van der Waals surface area contributed by atoms with Crippen LogP contribution in [0.2, 0.25) is 0 Å². The van der Waals surface area contributed by atoms with Crippen LogP contribution in [0.15, 0.2) is 73.1 Å². The molecule has 41 heavy (non-hydrogen) atoms. The molecule has 2 N–H and O–H groups in total. The average Bonchev–Trinajstić information content (AvgIpc) is 3.26. The molecular formula is C32H34N6O3. The number of hydrogen-bond acceptors (Lipinski definition) is 7. The number of rotatable bonds is 9. The number of benzene rings is 2. The maximum atomic E-state index is 12.5. The van der Waals surface area contributed by atoms with E-state index in [0.717, 1.165) is 40.3 Å². The molecule has 5 rings (SSSR count). The molecule has 0 bridgehead atoms. The van der Waals surface area contributed by atoms with Crippen molar-refractivity contribution >= 4 is 22.8 Å². The maximum Gasteiger partial charge on any atom is 0.246 e. The number of nitrogen functional groups attached to an aromatic ring is 1. The van der Waals surface area contributed by atoms with Crippen LogP contribution < -0.4 is 10.5 Å². The van der Waals surface area contributed by atoms with E-state index in [-0.39, 0.29) is 11.8 Å². The number of likely N-dealkylation sites (N-methyl/N-ethyl adjacent to an activating group) is 1. The Hall–Kier alpha value is -4.65. The van der Waals surface area contributed by atoms with Gasteiger partial charge in [0.25, 0.3) is 0 Å². The number of nitrogens with zero attached hydrogens (tertiary/aromatic N) is 5. The van der Waals surface area contributed by atoms with Crippen LogP contribution in [0.4, 0.5) is 5.82 Å². The zero-order chi connectivity index (χ0) is 28.8. The molecule has 0 spiro atoms. The molecule has 0 aliphatic carbocycles. The fourth-order valence-corrected chi connectivity index (χ4v) is 4.71. The van der Waals surface area contributed by atoms with Crippen molar-refractivity contribution in [3.63, 3.8) is 0 Å².